The van der Waals surface area contributed by atoms with Crippen molar-refractivity contribution in [2.45, 2.75) is 51.5 Å². The molecule has 92 valence electrons. The summed E-state index contributed by atoms with van der Waals surface area (Å²) in [4.78, 5) is 11.6. The van der Waals surface area contributed by atoms with E-state index in [1.807, 2.05) is 13.8 Å². The van der Waals surface area contributed by atoms with E-state index in [0.717, 1.165) is 24.3 Å². The quantitative estimate of drug-likeness (QED) is 0.763. The van der Waals surface area contributed by atoms with Crippen LogP contribution in [0.25, 0.3) is 0 Å². The summed E-state index contributed by atoms with van der Waals surface area (Å²) >= 11 is 0. The van der Waals surface area contributed by atoms with Crippen LogP contribution in [0.5, 0.6) is 0 Å². The van der Waals surface area contributed by atoms with E-state index in [2.05, 4.69) is 5.32 Å². The molecule has 0 spiro atoms. The molecule has 2 aliphatic rings. The first kappa shape index (κ1) is 11.9. The van der Waals surface area contributed by atoms with E-state index in [0.29, 0.717) is 6.42 Å². The Morgan fingerprint density at radius 1 is 1.38 bits per heavy atom. The van der Waals surface area contributed by atoms with Gasteiger partial charge in [0.1, 0.15) is 0 Å². The Morgan fingerprint density at radius 2 is 2.12 bits per heavy atom. The van der Waals surface area contributed by atoms with Crippen molar-refractivity contribution in [1.29, 1.82) is 0 Å². The number of amides is 1. The van der Waals surface area contributed by atoms with Crippen LogP contribution in [0.2, 0.25) is 0 Å². The Hall–Kier alpha value is -0.570. The molecule has 0 heterocycles. The van der Waals surface area contributed by atoms with Crippen molar-refractivity contribution in [3.63, 3.8) is 0 Å². The number of hydrogen-bond acceptors (Lipinski definition) is 2. The van der Waals surface area contributed by atoms with Crippen LogP contribution in [0.1, 0.15) is 46.0 Å². The van der Waals surface area contributed by atoms with E-state index in [4.69, 9.17) is 5.73 Å². The molecule has 3 nitrogen and oxygen atoms in total. The molecular weight excluding hydrogens is 200 g/mol. The summed E-state index contributed by atoms with van der Waals surface area (Å²) in [5.74, 6) is 2.69. The zero-order valence-corrected chi connectivity index (χ0v) is 10.5. The summed E-state index contributed by atoms with van der Waals surface area (Å²) in [6.07, 6.45) is 5.96. The lowest BCUT2D eigenvalue weighted by Crippen LogP contribution is -2.40. The maximum atomic E-state index is 11.6. The lowest BCUT2D eigenvalue weighted by atomic mass is 9.89. The van der Waals surface area contributed by atoms with Crippen molar-refractivity contribution in [2.24, 2.45) is 23.5 Å². The van der Waals surface area contributed by atoms with Crippen LogP contribution in [0.4, 0.5) is 0 Å². The zero-order chi connectivity index (χ0) is 11.8. The smallest absolute Gasteiger partial charge is 0.221 e. The van der Waals surface area contributed by atoms with Gasteiger partial charge in [0.05, 0.1) is 0 Å². The molecule has 3 unspecified atom stereocenters. The van der Waals surface area contributed by atoms with Gasteiger partial charge in [0.15, 0.2) is 0 Å². The van der Waals surface area contributed by atoms with Gasteiger partial charge in [-0.3, -0.25) is 4.79 Å². The third-order valence-electron chi connectivity index (χ3n) is 4.06. The van der Waals surface area contributed by atoms with E-state index < -0.39 is 5.54 Å². The van der Waals surface area contributed by atoms with Crippen LogP contribution >= 0.6 is 0 Å². The van der Waals surface area contributed by atoms with E-state index in [1.165, 1.54) is 25.7 Å². The Bertz CT molecular complexity index is 270. The molecule has 0 aromatic rings. The van der Waals surface area contributed by atoms with Crippen LogP contribution in [0.15, 0.2) is 0 Å². The second-order valence-electron chi connectivity index (χ2n) is 6.40. The number of rotatable bonds is 4. The van der Waals surface area contributed by atoms with Crippen molar-refractivity contribution in [3.05, 3.63) is 0 Å². The van der Waals surface area contributed by atoms with Crippen molar-refractivity contribution < 1.29 is 4.79 Å². The number of carbonyl (C=O) groups excluding carboxylic acids is 1. The minimum atomic E-state index is -0.390. The van der Waals surface area contributed by atoms with E-state index in [1.54, 1.807) is 0 Å². The highest BCUT2D eigenvalue weighted by Crippen LogP contribution is 2.47. The monoisotopic (exact) mass is 224 g/mol. The van der Waals surface area contributed by atoms with Crippen LogP contribution < -0.4 is 11.1 Å². The van der Waals surface area contributed by atoms with Crippen molar-refractivity contribution in [1.82, 2.24) is 5.32 Å². The summed E-state index contributed by atoms with van der Waals surface area (Å²) < 4.78 is 0. The molecule has 0 aromatic carbocycles. The van der Waals surface area contributed by atoms with Gasteiger partial charge in [-0.2, -0.15) is 0 Å². The predicted octanol–water partition coefficient (Wildman–Crippen LogP) is 1.67. The highest BCUT2D eigenvalue weighted by molar-refractivity contribution is 5.77. The maximum Gasteiger partial charge on any atom is 0.221 e. The normalized spacial score (nSPS) is 33.1. The molecule has 1 amide bonds. The molecule has 2 bridgehead atoms. The SMILES string of the molecule is CC(C)(N)CC(=O)NCC1CC2CCC1C2. The van der Waals surface area contributed by atoms with Crippen molar-refractivity contribution in [2.75, 3.05) is 6.54 Å². The lowest BCUT2D eigenvalue weighted by molar-refractivity contribution is -0.122. The second-order valence-corrected chi connectivity index (χ2v) is 6.40. The lowest BCUT2D eigenvalue weighted by Gasteiger charge is -2.23. The minimum Gasteiger partial charge on any atom is -0.356 e. The van der Waals surface area contributed by atoms with Gasteiger partial charge in [-0.1, -0.05) is 6.42 Å². The number of fused-ring (bicyclic) bond motifs is 2. The average Bonchev–Trinajstić information content (AvgIpc) is 2.72. The molecule has 0 radical (unpaired) electrons. The van der Waals surface area contributed by atoms with Gasteiger partial charge < -0.3 is 11.1 Å². The van der Waals surface area contributed by atoms with Gasteiger partial charge in [-0.15, -0.1) is 0 Å². The zero-order valence-electron chi connectivity index (χ0n) is 10.5. The summed E-state index contributed by atoms with van der Waals surface area (Å²) in [5, 5.41) is 3.05. The van der Waals surface area contributed by atoms with E-state index >= 15 is 0 Å². The van der Waals surface area contributed by atoms with Crippen LogP contribution in [-0.4, -0.2) is 18.0 Å². The Balaban J connectivity index is 1.70. The maximum absolute atomic E-state index is 11.6. The third-order valence-corrected chi connectivity index (χ3v) is 4.06. The van der Waals surface area contributed by atoms with Gasteiger partial charge in [0.25, 0.3) is 0 Å². The van der Waals surface area contributed by atoms with Crippen molar-refractivity contribution >= 4 is 5.91 Å². The topological polar surface area (TPSA) is 55.1 Å². The van der Waals surface area contributed by atoms with Gasteiger partial charge in [-0.25, -0.2) is 0 Å². The second kappa shape index (κ2) is 4.36. The fraction of sp³-hybridized carbons (Fsp3) is 0.923. The standard InChI is InChI=1S/C13H24N2O/c1-13(2,14)7-12(16)15-8-11-6-9-3-4-10(11)5-9/h9-11H,3-8,14H2,1-2H3,(H,15,16). The summed E-state index contributed by atoms with van der Waals surface area (Å²) in [6.45, 7) is 4.66. The molecule has 2 rings (SSSR count). The molecule has 3 heteroatoms. The first-order chi connectivity index (χ1) is 7.44. The van der Waals surface area contributed by atoms with E-state index in [-0.39, 0.29) is 5.91 Å². The molecule has 2 saturated carbocycles. The third kappa shape index (κ3) is 2.97. The molecule has 2 aliphatic carbocycles. The molecule has 0 aliphatic heterocycles. The molecule has 16 heavy (non-hydrogen) atoms. The van der Waals surface area contributed by atoms with Crippen LogP contribution in [0, 0.1) is 17.8 Å². The van der Waals surface area contributed by atoms with Crippen LogP contribution in [0.3, 0.4) is 0 Å². The number of nitrogens with two attached hydrogens (primary N) is 1. The van der Waals surface area contributed by atoms with Gasteiger partial charge in [-0.05, 0) is 50.9 Å². The number of hydrogen-bond donors (Lipinski definition) is 2. The van der Waals surface area contributed by atoms with Crippen LogP contribution in [-0.2, 0) is 4.79 Å². The minimum absolute atomic E-state index is 0.107. The van der Waals surface area contributed by atoms with Gasteiger partial charge in [0, 0.05) is 18.5 Å². The van der Waals surface area contributed by atoms with E-state index in [9.17, 15) is 4.79 Å². The Labute approximate surface area is 98.2 Å². The molecule has 3 atom stereocenters. The first-order valence-corrected chi connectivity index (χ1v) is 6.49. The van der Waals surface area contributed by atoms with Gasteiger partial charge >= 0.3 is 0 Å². The van der Waals surface area contributed by atoms with Gasteiger partial charge in [0.2, 0.25) is 5.91 Å². The molecule has 3 N–H and O–H groups in total. The fourth-order valence-electron chi connectivity index (χ4n) is 3.35. The Kier molecular flexibility index (Phi) is 3.24. The highest BCUT2D eigenvalue weighted by Gasteiger charge is 2.39. The van der Waals surface area contributed by atoms with Crippen molar-refractivity contribution in [3.8, 4) is 0 Å². The largest absolute Gasteiger partial charge is 0.356 e. The molecular formula is C13H24N2O. The number of carbonyl (C=O) groups is 1. The number of nitrogens with one attached hydrogen (secondary N) is 1. The first-order valence-electron chi connectivity index (χ1n) is 6.49. The average molecular weight is 224 g/mol. The summed E-state index contributed by atoms with van der Waals surface area (Å²) in [5.41, 5.74) is 5.43. The predicted molar refractivity (Wildman–Crippen MR) is 64.8 cm³/mol. The molecule has 2 fully saturated rings. The highest BCUT2D eigenvalue weighted by atomic mass is 16.1. The fourth-order valence-corrected chi connectivity index (χ4v) is 3.35. The summed E-state index contributed by atoms with van der Waals surface area (Å²) in [6, 6.07) is 0. The summed E-state index contributed by atoms with van der Waals surface area (Å²) in [7, 11) is 0. The molecule has 0 aromatic heterocycles. The Morgan fingerprint density at radius 3 is 2.62 bits per heavy atom. The molecule has 0 saturated heterocycles.